The zero-order valence-corrected chi connectivity index (χ0v) is 11.9. The molecule has 0 spiro atoms. The summed E-state index contributed by atoms with van der Waals surface area (Å²) in [5, 5.41) is 10.4. The monoisotopic (exact) mass is 292 g/mol. The highest BCUT2D eigenvalue weighted by Crippen LogP contribution is 2.22. The van der Waals surface area contributed by atoms with E-state index < -0.39 is 0 Å². The maximum absolute atomic E-state index is 9.67. The second kappa shape index (κ2) is 5.95. The van der Waals surface area contributed by atoms with Crippen molar-refractivity contribution in [3.05, 3.63) is 41.2 Å². The van der Waals surface area contributed by atoms with Gasteiger partial charge in [0, 0.05) is 23.7 Å². The van der Waals surface area contributed by atoms with Gasteiger partial charge in [0.25, 0.3) is 0 Å². The molecule has 2 aromatic rings. The van der Waals surface area contributed by atoms with Crippen molar-refractivity contribution < 1.29 is 9.52 Å². The molecule has 1 unspecified atom stereocenters. The van der Waals surface area contributed by atoms with Crippen LogP contribution in [0.1, 0.15) is 18.5 Å². The van der Waals surface area contributed by atoms with E-state index in [1.165, 1.54) is 0 Å². The van der Waals surface area contributed by atoms with Gasteiger partial charge in [0.15, 0.2) is 0 Å². The van der Waals surface area contributed by atoms with Crippen molar-refractivity contribution in [2.24, 2.45) is 0 Å². The number of oxazole rings is 1. The Kier molecular flexibility index (Phi) is 4.05. The van der Waals surface area contributed by atoms with Gasteiger partial charge in [-0.15, -0.1) is 0 Å². The lowest BCUT2D eigenvalue weighted by Gasteiger charge is -2.29. The molecule has 0 amide bonds. The molecule has 1 aromatic heterocycles. The van der Waals surface area contributed by atoms with Gasteiger partial charge in [-0.25, -0.2) is 4.98 Å². The average Bonchev–Trinajstić information content (AvgIpc) is 2.88. The number of likely N-dealkylation sites (tertiary alicyclic amines) is 1. The SMILES string of the molecule is OC1CCCN(Cc2coc(-c3ccc(Cl)cc3)n2)C1. The fourth-order valence-corrected chi connectivity index (χ4v) is 2.63. The molecule has 1 aliphatic rings. The van der Waals surface area contributed by atoms with Gasteiger partial charge >= 0.3 is 0 Å². The molecule has 4 nitrogen and oxygen atoms in total. The minimum absolute atomic E-state index is 0.216. The number of hydrogen-bond acceptors (Lipinski definition) is 4. The summed E-state index contributed by atoms with van der Waals surface area (Å²) in [4.78, 5) is 6.70. The summed E-state index contributed by atoms with van der Waals surface area (Å²) in [7, 11) is 0. The first-order chi connectivity index (χ1) is 9.70. The van der Waals surface area contributed by atoms with Crippen LogP contribution in [0.5, 0.6) is 0 Å². The Labute approximate surface area is 123 Å². The van der Waals surface area contributed by atoms with Gasteiger partial charge < -0.3 is 9.52 Å². The lowest BCUT2D eigenvalue weighted by molar-refractivity contribution is 0.0662. The van der Waals surface area contributed by atoms with Crippen LogP contribution in [0.3, 0.4) is 0 Å². The minimum atomic E-state index is -0.216. The van der Waals surface area contributed by atoms with Crippen LogP contribution in [-0.2, 0) is 6.54 Å². The summed E-state index contributed by atoms with van der Waals surface area (Å²) >= 11 is 5.87. The molecule has 1 aliphatic heterocycles. The molecule has 1 saturated heterocycles. The summed E-state index contributed by atoms with van der Waals surface area (Å²) < 4.78 is 5.52. The Morgan fingerprint density at radius 1 is 1.35 bits per heavy atom. The fourth-order valence-electron chi connectivity index (χ4n) is 2.51. The van der Waals surface area contributed by atoms with Gasteiger partial charge in [0.2, 0.25) is 5.89 Å². The maximum Gasteiger partial charge on any atom is 0.226 e. The molecule has 20 heavy (non-hydrogen) atoms. The van der Waals surface area contributed by atoms with Gasteiger partial charge in [-0.2, -0.15) is 0 Å². The molecule has 106 valence electrons. The van der Waals surface area contributed by atoms with Gasteiger partial charge in [-0.1, -0.05) is 11.6 Å². The Hall–Kier alpha value is -1.36. The quantitative estimate of drug-likeness (QED) is 0.945. The van der Waals surface area contributed by atoms with Crippen LogP contribution >= 0.6 is 11.6 Å². The summed E-state index contributed by atoms with van der Waals surface area (Å²) in [5.41, 5.74) is 1.81. The van der Waals surface area contributed by atoms with E-state index in [1.54, 1.807) is 6.26 Å². The first kappa shape index (κ1) is 13.6. The average molecular weight is 293 g/mol. The summed E-state index contributed by atoms with van der Waals surface area (Å²) in [5.74, 6) is 0.606. The molecule has 0 saturated carbocycles. The van der Waals surface area contributed by atoms with Crippen molar-refractivity contribution in [3.63, 3.8) is 0 Å². The van der Waals surface area contributed by atoms with Crippen molar-refractivity contribution in [3.8, 4) is 11.5 Å². The molecule has 0 bridgehead atoms. The number of piperidine rings is 1. The minimum Gasteiger partial charge on any atom is -0.444 e. The number of nitrogens with zero attached hydrogens (tertiary/aromatic N) is 2. The number of hydrogen-bond donors (Lipinski definition) is 1. The normalized spacial score (nSPS) is 20.2. The number of aliphatic hydroxyl groups is 1. The number of rotatable bonds is 3. The Balaban J connectivity index is 1.69. The summed E-state index contributed by atoms with van der Waals surface area (Å²) in [6.45, 7) is 2.43. The number of aliphatic hydroxyl groups excluding tert-OH is 1. The predicted molar refractivity (Wildman–Crippen MR) is 77.5 cm³/mol. The largest absolute Gasteiger partial charge is 0.444 e. The van der Waals surface area contributed by atoms with E-state index in [4.69, 9.17) is 16.0 Å². The molecule has 1 N–H and O–H groups in total. The molecule has 0 radical (unpaired) electrons. The molecule has 0 aliphatic carbocycles. The van der Waals surface area contributed by atoms with Crippen LogP contribution in [0.4, 0.5) is 0 Å². The summed E-state index contributed by atoms with van der Waals surface area (Å²) in [6, 6.07) is 7.43. The molecule has 2 heterocycles. The number of aromatic nitrogens is 1. The second-order valence-electron chi connectivity index (χ2n) is 5.18. The highest BCUT2D eigenvalue weighted by molar-refractivity contribution is 6.30. The molecule has 3 rings (SSSR count). The van der Waals surface area contributed by atoms with E-state index in [2.05, 4.69) is 9.88 Å². The van der Waals surface area contributed by atoms with Crippen molar-refractivity contribution in [1.29, 1.82) is 0 Å². The third-order valence-corrected chi connectivity index (χ3v) is 3.76. The van der Waals surface area contributed by atoms with Crippen molar-refractivity contribution in [2.45, 2.75) is 25.5 Å². The topological polar surface area (TPSA) is 49.5 Å². The molecule has 1 atom stereocenters. The zero-order valence-electron chi connectivity index (χ0n) is 11.1. The number of halogens is 1. The van der Waals surface area contributed by atoms with Crippen LogP contribution in [0.15, 0.2) is 34.9 Å². The molecule has 1 aromatic carbocycles. The second-order valence-corrected chi connectivity index (χ2v) is 5.62. The first-order valence-electron chi connectivity index (χ1n) is 6.81. The van der Waals surface area contributed by atoms with Gasteiger partial charge in [-0.05, 0) is 43.7 Å². The van der Waals surface area contributed by atoms with Crippen molar-refractivity contribution >= 4 is 11.6 Å². The third kappa shape index (κ3) is 3.20. The molecule has 5 heteroatoms. The number of benzene rings is 1. The zero-order chi connectivity index (χ0) is 13.9. The lowest BCUT2D eigenvalue weighted by Crippen LogP contribution is -2.37. The lowest BCUT2D eigenvalue weighted by atomic mass is 10.1. The fraction of sp³-hybridized carbons (Fsp3) is 0.400. The van der Waals surface area contributed by atoms with Crippen LogP contribution in [0.2, 0.25) is 5.02 Å². The van der Waals surface area contributed by atoms with E-state index in [0.29, 0.717) is 24.0 Å². The van der Waals surface area contributed by atoms with Crippen molar-refractivity contribution in [1.82, 2.24) is 9.88 Å². The number of β-amino-alcohol motifs (C(OH)–C–C–N with tert-alkyl or cyclic N) is 1. The van der Waals surface area contributed by atoms with E-state index in [9.17, 15) is 5.11 Å². The van der Waals surface area contributed by atoms with Crippen LogP contribution in [0, 0.1) is 0 Å². The summed E-state index contributed by atoms with van der Waals surface area (Å²) in [6.07, 6.45) is 3.39. The highest BCUT2D eigenvalue weighted by Gasteiger charge is 2.19. The van der Waals surface area contributed by atoms with E-state index in [0.717, 1.165) is 30.6 Å². The maximum atomic E-state index is 9.67. The smallest absolute Gasteiger partial charge is 0.226 e. The van der Waals surface area contributed by atoms with Gasteiger partial charge in [0.1, 0.15) is 6.26 Å². The molecular weight excluding hydrogens is 276 g/mol. The van der Waals surface area contributed by atoms with Crippen LogP contribution in [0.25, 0.3) is 11.5 Å². The Bertz CT molecular complexity index is 568. The predicted octanol–water partition coefficient (Wildman–Crippen LogP) is 2.95. The van der Waals surface area contributed by atoms with E-state index >= 15 is 0 Å². The van der Waals surface area contributed by atoms with Crippen LogP contribution < -0.4 is 0 Å². The third-order valence-electron chi connectivity index (χ3n) is 3.51. The molecular formula is C15H17ClN2O2. The van der Waals surface area contributed by atoms with E-state index in [-0.39, 0.29) is 6.10 Å². The first-order valence-corrected chi connectivity index (χ1v) is 7.19. The standard InChI is InChI=1S/C15H17ClN2O2/c16-12-5-3-11(4-6-12)15-17-13(10-20-15)8-18-7-1-2-14(19)9-18/h3-6,10,14,19H,1-2,7-9H2. The van der Waals surface area contributed by atoms with Crippen molar-refractivity contribution in [2.75, 3.05) is 13.1 Å². The van der Waals surface area contributed by atoms with Gasteiger partial charge in [0.05, 0.1) is 11.8 Å². The van der Waals surface area contributed by atoms with E-state index in [1.807, 2.05) is 24.3 Å². The van der Waals surface area contributed by atoms with Crippen LogP contribution in [-0.4, -0.2) is 34.2 Å². The Morgan fingerprint density at radius 3 is 2.90 bits per heavy atom. The molecule has 1 fully saturated rings. The highest BCUT2D eigenvalue weighted by atomic mass is 35.5. The Morgan fingerprint density at radius 2 is 2.15 bits per heavy atom. The van der Waals surface area contributed by atoms with Gasteiger partial charge in [-0.3, -0.25) is 4.90 Å².